The Labute approximate surface area is 215 Å². The van der Waals surface area contributed by atoms with Gasteiger partial charge in [-0.1, -0.05) is 100 Å². The number of rotatable bonds is 14. The largest absolute Gasteiger partial charge is 0.326 e. The maximum Gasteiger partial charge on any atom is 0.224 e. The first-order valence-corrected chi connectivity index (χ1v) is 13.3. The first kappa shape index (κ1) is 26.7. The Bertz CT molecular complexity index is 1040. The minimum absolute atomic E-state index is 0.0254. The molecule has 3 aromatic carbocycles. The standard InChI is InChI=1S/C31H37NO2S/c1-24(35)12-8-5-3-2-4-6-11-15-30(33)32-29-22-20-28(21-23-29)31(34)27-18-16-26(17-19-27)25-13-9-7-10-14-25/h7,9-10,13-14,16-24,35H,2-6,8,11-12,15H2,1H3,(H,32,33). The van der Waals surface area contributed by atoms with Crippen molar-refractivity contribution in [3.8, 4) is 11.1 Å². The van der Waals surface area contributed by atoms with Crippen molar-refractivity contribution in [3.63, 3.8) is 0 Å². The van der Waals surface area contributed by atoms with Gasteiger partial charge in [-0.3, -0.25) is 9.59 Å². The van der Waals surface area contributed by atoms with Gasteiger partial charge in [-0.05, 0) is 53.5 Å². The number of hydrogen-bond acceptors (Lipinski definition) is 3. The summed E-state index contributed by atoms with van der Waals surface area (Å²) in [5.74, 6) is 0.00552. The quantitative estimate of drug-likeness (QED) is 0.136. The molecule has 0 aliphatic carbocycles. The first-order valence-electron chi connectivity index (χ1n) is 12.8. The maximum absolute atomic E-state index is 12.9. The Morgan fingerprint density at radius 2 is 1.20 bits per heavy atom. The van der Waals surface area contributed by atoms with E-state index in [1.807, 2.05) is 42.5 Å². The lowest BCUT2D eigenvalue weighted by atomic mass is 9.99. The van der Waals surface area contributed by atoms with Crippen molar-refractivity contribution in [1.82, 2.24) is 0 Å². The second kappa shape index (κ2) is 14.5. The van der Waals surface area contributed by atoms with E-state index in [2.05, 4.69) is 37.0 Å². The number of thiol groups is 1. The smallest absolute Gasteiger partial charge is 0.224 e. The van der Waals surface area contributed by atoms with Gasteiger partial charge in [0, 0.05) is 23.2 Å². The predicted octanol–water partition coefficient (Wildman–Crippen LogP) is 8.35. The number of benzene rings is 3. The summed E-state index contributed by atoms with van der Waals surface area (Å²) in [6.07, 6.45) is 9.98. The number of anilines is 1. The molecule has 3 rings (SSSR count). The molecule has 184 valence electrons. The Kier molecular flexibility index (Phi) is 11.1. The van der Waals surface area contributed by atoms with Crippen molar-refractivity contribution in [2.75, 3.05) is 5.32 Å². The van der Waals surface area contributed by atoms with Crippen LogP contribution in [0.2, 0.25) is 0 Å². The fourth-order valence-electron chi connectivity index (χ4n) is 4.15. The number of hydrogen-bond donors (Lipinski definition) is 2. The van der Waals surface area contributed by atoms with Crippen molar-refractivity contribution in [2.45, 2.75) is 70.0 Å². The predicted molar refractivity (Wildman–Crippen MR) is 150 cm³/mol. The zero-order valence-corrected chi connectivity index (χ0v) is 21.6. The number of carbonyl (C=O) groups excluding carboxylic acids is 2. The third kappa shape index (κ3) is 9.37. The lowest BCUT2D eigenvalue weighted by Crippen LogP contribution is -2.11. The molecule has 0 aliphatic rings. The highest BCUT2D eigenvalue weighted by molar-refractivity contribution is 7.80. The SMILES string of the molecule is CC(S)CCCCCCCCCC(=O)Nc1ccc(C(=O)c2ccc(-c3ccccc3)cc2)cc1. The van der Waals surface area contributed by atoms with E-state index in [0.29, 0.717) is 22.8 Å². The Morgan fingerprint density at radius 3 is 1.80 bits per heavy atom. The fourth-order valence-corrected chi connectivity index (χ4v) is 4.33. The van der Waals surface area contributed by atoms with E-state index in [1.54, 1.807) is 24.3 Å². The minimum atomic E-state index is -0.0254. The maximum atomic E-state index is 12.9. The highest BCUT2D eigenvalue weighted by atomic mass is 32.1. The summed E-state index contributed by atoms with van der Waals surface area (Å²) >= 11 is 4.41. The van der Waals surface area contributed by atoms with Crippen LogP contribution in [0.15, 0.2) is 78.9 Å². The molecular weight excluding hydrogens is 450 g/mol. The van der Waals surface area contributed by atoms with Crippen LogP contribution in [-0.2, 0) is 4.79 Å². The molecule has 0 aliphatic heterocycles. The summed E-state index contributed by atoms with van der Waals surface area (Å²) in [7, 11) is 0. The van der Waals surface area contributed by atoms with Gasteiger partial charge in [0.05, 0.1) is 0 Å². The molecule has 0 spiro atoms. The summed E-state index contributed by atoms with van der Waals surface area (Å²) < 4.78 is 0. The van der Waals surface area contributed by atoms with Crippen molar-refractivity contribution in [3.05, 3.63) is 90.0 Å². The van der Waals surface area contributed by atoms with Gasteiger partial charge in [0.25, 0.3) is 0 Å². The van der Waals surface area contributed by atoms with E-state index in [9.17, 15) is 9.59 Å². The zero-order chi connectivity index (χ0) is 24.9. The molecule has 0 radical (unpaired) electrons. The summed E-state index contributed by atoms with van der Waals surface area (Å²) in [5, 5.41) is 3.45. The fraction of sp³-hybridized carbons (Fsp3) is 0.355. The second-order valence-electron chi connectivity index (χ2n) is 9.26. The van der Waals surface area contributed by atoms with E-state index in [0.717, 1.165) is 29.7 Å². The average Bonchev–Trinajstić information content (AvgIpc) is 2.88. The monoisotopic (exact) mass is 487 g/mol. The molecule has 0 heterocycles. The number of carbonyl (C=O) groups is 2. The van der Waals surface area contributed by atoms with Gasteiger partial charge in [0.1, 0.15) is 0 Å². The van der Waals surface area contributed by atoms with Crippen LogP contribution in [0.3, 0.4) is 0 Å². The topological polar surface area (TPSA) is 46.2 Å². The van der Waals surface area contributed by atoms with Crippen LogP contribution in [0, 0.1) is 0 Å². The lowest BCUT2D eigenvalue weighted by molar-refractivity contribution is -0.116. The molecule has 35 heavy (non-hydrogen) atoms. The van der Waals surface area contributed by atoms with Gasteiger partial charge in [0.15, 0.2) is 5.78 Å². The van der Waals surface area contributed by atoms with E-state index >= 15 is 0 Å². The minimum Gasteiger partial charge on any atom is -0.326 e. The van der Waals surface area contributed by atoms with Crippen LogP contribution in [0.4, 0.5) is 5.69 Å². The van der Waals surface area contributed by atoms with Gasteiger partial charge < -0.3 is 5.32 Å². The van der Waals surface area contributed by atoms with Crippen LogP contribution >= 0.6 is 12.6 Å². The average molecular weight is 488 g/mol. The molecular formula is C31H37NO2S. The van der Waals surface area contributed by atoms with Crippen molar-refractivity contribution in [2.24, 2.45) is 0 Å². The van der Waals surface area contributed by atoms with Crippen LogP contribution in [0.1, 0.15) is 80.6 Å². The third-order valence-corrected chi connectivity index (χ3v) is 6.47. The molecule has 1 amide bonds. The van der Waals surface area contributed by atoms with Gasteiger partial charge in [-0.15, -0.1) is 0 Å². The molecule has 0 fully saturated rings. The molecule has 0 aromatic heterocycles. The highest BCUT2D eigenvalue weighted by Crippen LogP contribution is 2.21. The van der Waals surface area contributed by atoms with Crippen LogP contribution in [-0.4, -0.2) is 16.9 Å². The molecule has 3 aromatic rings. The Hall–Kier alpha value is -2.85. The van der Waals surface area contributed by atoms with Crippen molar-refractivity contribution < 1.29 is 9.59 Å². The van der Waals surface area contributed by atoms with E-state index in [4.69, 9.17) is 0 Å². The molecule has 4 heteroatoms. The first-order chi connectivity index (χ1) is 17.0. The molecule has 3 nitrogen and oxygen atoms in total. The molecule has 0 bridgehead atoms. The van der Waals surface area contributed by atoms with E-state index in [-0.39, 0.29) is 11.7 Å². The van der Waals surface area contributed by atoms with Crippen LogP contribution in [0.25, 0.3) is 11.1 Å². The van der Waals surface area contributed by atoms with Crippen LogP contribution in [0.5, 0.6) is 0 Å². The third-order valence-electron chi connectivity index (χ3n) is 6.21. The number of nitrogens with one attached hydrogen (secondary N) is 1. The van der Waals surface area contributed by atoms with Gasteiger partial charge >= 0.3 is 0 Å². The highest BCUT2D eigenvalue weighted by Gasteiger charge is 2.10. The van der Waals surface area contributed by atoms with Gasteiger partial charge in [-0.25, -0.2) is 0 Å². The Morgan fingerprint density at radius 1 is 0.686 bits per heavy atom. The number of ketones is 1. The van der Waals surface area contributed by atoms with E-state index < -0.39 is 0 Å². The normalized spacial score (nSPS) is 11.7. The number of amides is 1. The molecule has 1 N–H and O–H groups in total. The summed E-state index contributed by atoms with van der Waals surface area (Å²) in [6.45, 7) is 2.15. The molecule has 1 atom stereocenters. The van der Waals surface area contributed by atoms with Crippen molar-refractivity contribution in [1.29, 1.82) is 0 Å². The molecule has 0 saturated heterocycles. The second-order valence-corrected chi connectivity index (χ2v) is 10.1. The number of unbranched alkanes of at least 4 members (excludes halogenated alkanes) is 6. The summed E-state index contributed by atoms with van der Waals surface area (Å²) in [6, 6.07) is 24.9. The van der Waals surface area contributed by atoms with Crippen LogP contribution < -0.4 is 5.32 Å². The lowest BCUT2D eigenvalue weighted by Gasteiger charge is -2.08. The van der Waals surface area contributed by atoms with Gasteiger partial charge in [0.2, 0.25) is 5.91 Å². The Balaban J connectivity index is 1.38. The van der Waals surface area contributed by atoms with E-state index in [1.165, 1.54) is 38.5 Å². The summed E-state index contributed by atoms with van der Waals surface area (Å²) in [4.78, 5) is 25.1. The van der Waals surface area contributed by atoms with Gasteiger partial charge in [-0.2, -0.15) is 12.6 Å². The van der Waals surface area contributed by atoms with Crippen molar-refractivity contribution >= 4 is 30.0 Å². The molecule has 0 saturated carbocycles. The summed E-state index contributed by atoms with van der Waals surface area (Å²) in [5.41, 5.74) is 4.20. The zero-order valence-electron chi connectivity index (χ0n) is 20.7. The molecule has 1 unspecified atom stereocenters.